The predicted molar refractivity (Wildman–Crippen MR) is 50.7 cm³/mol. The van der Waals surface area contributed by atoms with Gasteiger partial charge in [0.1, 0.15) is 11.9 Å². The van der Waals surface area contributed by atoms with E-state index in [-0.39, 0.29) is 11.4 Å². The Kier molecular flexibility index (Phi) is 3.43. The molecule has 3 nitrogen and oxygen atoms in total. The molecule has 0 radical (unpaired) electrons. The Labute approximate surface area is 85.3 Å². The summed E-state index contributed by atoms with van der Waals surface area (Å²) in [6.07, 6.45) is 0.0917. The number of carboxylic acids is 1. The lowest BCUT2D eigenvalue weighted by Gasteiger charge is -2.07. The van der Waals surface area contributed by atoms with Crippen molar-refractivity contribution in [2.75, 3.05) is 0 Å². The van der Waals surface area contributed by atoms with Gasteiger partial charge in [-0.25, -0.2) is 4.39 Å². The molecule has 0 aromatic heterocycles. The molecule has 0 fully saturated rings. The van der Waals surface area contributed by atoms with Crippen molar-refractivity contribution in [3.8, 4) is 0 Å². The van der Waals surface area contributed by atoms with Gasteiger partial charge in [0.2, 0.25) is 0 Å². The standard InChI is InChI=1S/C9H9ClFNO2/c10-7-4-6(11)2-1-5(7)3-8(12)9(13)14/h1-2,4,8H,3,12H2,(H,13,14)/t8-/m1/s1. The van der Waals surface area contributed by atoms with E-state index in [1.165, 1.54) is 12.1 Å². The first-order chi connectivity index (χ1) is 6.50. The molecule has 0 saturated heterocycles. The maximum absolute atomic E-state index is 12.6. The number of hydrogen-bond donors (Lipinski definition) is 2. The number of nitrogens with two attached hydrogens (primary N) is 1. The van der Waals surface area contributed by atoms with E-state index in [0.29, 0.717) is 5.56 Å². The van der Waals surface area contributed by atoms with E-state index in [4.69, 9.17) is 22.4 Å². The molecule has 0 amide bonds. The molecule has 0 aliphatic rings. The van der Waals surface area contributed by atoms with E-state index in [1.807, 2.05) is 0 Å². The average Bonchev–Trinajstić information content (AvgIpc) is 2.09. The maximum atomic E-state index is 12.6. The summed E-state index contributed by atoms with van der Waals surface area (Å²) in [6, 6.07) is 2.76. The average molecular weight is 218 g/mol. The first-order valence-electron chi connectivity index (χ1n) is 3.93. The molecule has 0 aliphatic heterocycles. The monoisotopic (exact) mass is 217 g/mol. The lowest BCUT2D eigenvalue weighted by atomic mass is 10.1. The van der Waals surface area contributed by atoms with Crippen LogP contribution in [-0.2, 0) is 11.2 Å². The molecule has 5 heteroatoms. The minimum Gasteiger partial charge on any atom is -0.480 e. The van der Waals surface area contributed by atoms with Crippen molar-refractivity contribution in [3.05, 3.63) is 34.6 Å². The molecule has 1 atom stereocenters. The van der Waals surface area contributed by atoms with Gasteiger partial charge >= 0.3 is 5.97 Å². The van der Waals surface area contributed by atoms with Crippen LogP contribution >= 0.6 is 11.6 Å². The summed E-state index contributed by atoms with van der Waals surface area (Å²) >= 11 is 5.69. The highest BCUT2D eigenvalue weighted by molar-refractivity contribution is 6.31. The van der Waals surface area contributed by atoms with Crippen LogP contribution in [0, 0.1) is 5.82 Å². The zero-order valence-corrected chi connectivity index (χ0v) is 7.96. The van der Waals surface area contributed by atoms with Crippen LogP contribution in [-0.4, -0.2) is 17.1 Å². The van der Waals surface area contributed by atoms with Crippen molar-refractivity contribution in [3.63, 3.8) is 0 Å². The van der Waals surface area contributed by atoms with Gasteiger partial charge in [-0.1, -0.05) is 17.7 Å². The Morgan fingerprint density at radius 2 is 2.29 bits per heavy atom. The van der Waals surface area contributed by atoms with Gasteiger partial charge in [-0.15, -0.1) is 0 Å². The fourth-order valence-electron chi connectivity index (χ4n) is 1.01. The first kappa shape index (κ1) is 10.9. The van der Waals surface area contributed by atoms with Crippen molar-refractivity contribution in [2.45, 2.75) is 12.5 Å². The van der Waals surface area contributed by atoms with Gasteiger partial charge in [0.05, 0.1) is 0 Å². The van der Waals surface area contributed by atoms with Crippen LogP contribution in [0.3, 0.4) is 0 Å². The highest BCUT2D eigenvalue weighted by Crippen LogP contribution is 2.18. The maximum Gasteiger partial charge on any atom is 0.320 e. The van der Waals surface area contributed by atoms with Crippen LogP contribution in [0.4, 0.5) is 4.39 Å². The van der Waals surface area contributed by atoms with Crippen LogP contribution < -0.4 is 5.73 Å². The number of carbonyl (C=O) groups is 1. The third kappa shape index (κ3) is 2.68. The molecule has 14 heavy (non-hydrogen) atoms. The smallest absolute Gasteiger partial charge is 0.320 e. The van der Waals surface area contributed by atoms with Crippen molar-refractivity contribution < 1.29 is 14.3 Å². The molecule has 1 aromatic carbocycles. The second-order valence-corrected chi connectivity index (χ2v) is 3.29. The zero-order valence-electron chi connectivity index (χ0n) is 7.21. The Balaban J connectivity index is 2.82. The quantitative estimate of drug-likeness (QED) is 0.805. The molecule has 3 N–H and O–H groups in total. The second-order valence-electron chi connectivity index (χ2n) is 2.88. The number of carboxylic acid groups (broad SMARTS) is 1. The lowest BCUT2D eigenvalue weighted by Crippen LogP contribution is -2.32. The minimum absolute atomic E-state index is 0.0917. The molecule has 0 heterocycles. The van der Waals surface area contributed by atoms with E-state index in [1.54, 1.807) is 0 Å². The molecular formula is C9H9ClFNO2. The Hall–Kier alpha value is -1.13. The van der Waals surface area contributed by atoms with Crippen molar-refractivity contribution in [1.29, 1.82) is 0 Å². The molecule has 0 saturated carbocycles. The zero-order chi connectivity index (χ0) is 10.7. The van der Waals surface area contributed by atoms with Crippen LogP contribution in [0.2, 0.25) is 5.02 Å². The van der Waals surface area contributed by atoms with Gasteiger partial charge in [0.25, 0.3) is 0 Å². The van der Waals surface area contributed by atoms with E-state index < -0.39 is 17.8 Å². The third-order valence-electron chi connectivity index (χ3n) is 1.77. The second kappa shape index (κ2) is 4.39. The summed E-state index contributed by atoms with van der Waals surface area (Å²) in [5.41, 5.74) is 5.83. The van der Waals surface area contributed by atoms with Crippen LogP contribution in [0.25, 0.3) is 0 Å². The summed E-state index contributed by atoms with van der Waals surface area (Å²) in [5, 5.41) is 8.74. The summed E-state index contributed by atoms with van der Waals surface area (Å²) in [4.78, 5) is 10.4. The highest BCUT2D eigenvalue weighted by Gasteiger charge is 2.14. The number of halogens is 2. The molecular weight excluding hydrogens is 209 g/mol. The van der Waals surface area contributed by atoms with Crippen LogP contribution in [0.5, 0.6) is 0 Å². The fraction of sp³-hybridized carbons (Fsp3) is 0.222. The summed E-state index contributed by atoms with van der Waals surface area (Å²) in [7, 11) is 0. The first-order valence-corrected chi connectivity index (χ1v) is 4.31. The van der Waals surface area contributed by atoms with Gasteiger partial charge < -0.3 is 10.8 Å². The van der Waals surface area contributed by atoms with Crippen molar-refractivity contribution in [2.24, 2.45) is 5.73 Å². The number of aliphatic carboxylic acids is 1. The number of benzene rings is 1. The summed E-state index contributed by atoms with van der Waals surface area (Å²) < 4.78 is 12.6. The van der Waals surface area contributed by atoms with Crippen LogP contribution in [0.1, 0.15) is 5.56 Å². The third-order valence-corrected chi connectivity index (χ3v) is 2.12. The number of rotatable bonds is 3. The molecule has 0 bridgehead atoms. The largest absolute Gasteiger partial charge is 0.480 e. The van der Waals surface area contributed by atoms with E-state index in [2.05, 4.69) is 0 Å². The highest BCUT2D eigenvalue weighted by atomic mass is 35.5. The normalized spacial score (nSPS) is 12.5. The molecule has 1 rings (SSSR count). The van der Waals surface area contributed by atoms with Gasteiger partial charge in [-0.05, 0) is 24.1 Å². The van der Waals surface area contributed by atoms with Gasteiger partial charge in [0.15, 0.2) is 0 Å². The molecule has 0 unspecified atom stereocenters. The topological polar surface area (TPSA) is 63.3 Å². The molecule has 0 spiro atoms. The summed E-state index contributed by atoms with van der Waals surface area (Å²) in [6.45, 7) is 0. The summed E-state index contributed by atoms with van der Waals surface area (Å²) in [5.74, 6) is -1.56. The predicted octanol–water partition coefficient (Wildman–Crippen LogP) is 1.43. The van der Waals surface area contributed by atoms with E-state index in [0.717, 1.165) is 6.07 Å². The number of hydrogen-bond acceptors (Lipinski definition) is 2. The fourth-order valence-corrected chi connectivity index (χ4v) is 1.26. The van der Waals surface area contributed by atoms with E-state index >= 15 is 0 Å². The molecule has 0 aliphatic carbocycles. The molecule has 76 valence electrons. The van der Waals surface area contributed by atoms with Gasteiger partial charge in [-0.2, -0.15) is 0 Å². The lowest BCUT2D eigenvalue weighted by molar-refractivity contribution is -0.138. The van der Waals surface area contributed by atoms with E-state index in [9.17, 15) is 9.18 Å². The van der Waals surface area contributed by atoms with Crippen LogP contribution in [0.15, 0.2) is 18.2 Å². The minimum atomic E-state index is -1.11. The Morgan fingerprint density at radius 1 is 1.64 bits per heavy atom. The molecule has 1 aromatic rings. The van der Waals surface area contributed by atoms with Gasteiger partial charge in [-0.3, -0.25) is 4.79 Å². The van der Waals surface area contributed by atoms with Crippen molar-refractivity contribution >= 4 is 17.6 Å². The Bertz CT molecular complexity index is 357. The SMILES string of the molecule is N[C@H](Cc1ccc(F)cc1Cl)C(=O)O. The van der Waals surface area contributed by atoms with Gasteiger partial charge in [0, 0.05) is 5.02 Å². The Morgan fingerprint density at radius 3 is 2.79 bits per heavy atom. The van der Waals surface area contributed by atoms with Crippen molar-refractivity contribution in [1.82, 2.24) is 0 Å².